The van der Waals surface area contributed by atoms with Crippen LogP contribution in [0, 0.1) is 0 Å². The molecular formula is C20H23NO2. The van der Waals surface area contributed by atoms with Crippen LogP contribution < -0.4 is 10.1 Å². The number of fused-ring (bicyclic) bond motifs is 1. The van der Waals surface area contributed by atoms with Gasteiger partial charge in [-0.25, -0.2) is 0 Å². The van der Waals surface area contributed by atoms with Crippen LogP contribution in [0.5, 0.6) is 11.5 Å². The highest BCUT2D eigenvalue weighted by atomic mass is 16.5. The van der Waals surface area contributed by atoms with Crippen LogP contribution in [0.2, 0.25) is 0 Å². The monoisotopic (exact) mass is 309 g/mol. The fourth-order valence-electron chi connectivity index (χ4n) is 2.75. The molecule has 0 unspecified atom stereocenters. The summed E-state index contributed by atoms with van der Waals surface area (Å²) in [6.45, 7) is 6.82. The Morgan fingerprint density at radius 2 is 1.91 bits per heavy atom. The number of hydrogen-bond acceptors (Lipinski definition) is 3. The predicted octanol–water partition coefficient (Wildman–Crippen LogP) is 4.43. The lowest BCUT2D eigenvalue weighted by Gasteiger charge is -2.29. The molecule has 1 heterocycles. The molecule has 0 bridgehead atoms. The third-order valence-electron chi connectivity index (χ3n) is 4.12. The Labute approximate surface area is 137 Å². The Hall–Kier alpha value is -2.26. The molecule has 0 radical (unpaired) electrons. The number of phenolic OH excluding ortho intramolecular Hbond substituents is 1. The quantitative estimate of drug-likeness (QED) is 0.878. The molecule has 3 rings (SSSR count). The highest BCUT2D eigenvalue weighted by Crippen LogP contribution is 2.37. The van der Waals surface area contributed by atoms with Crippen molar-refractivity contribution in [1.82, 2.24) is 5.32 Å². The third kappa shape index (κ3) is 3.57. The minimum atomic E-state index is -0.335. The first-order chi connectivity index (χ1) is 10.9. The average molecular weight is 309 g/mol. The highest BCUT2D eigenvalue weighted by Gasteiger charge is 2.23. The topological polar surface area (TPSA) is 41.5 Å². The van der Waals surface area contributed by atoms with Gasteiger partial charge in [0, 0.05) is 29.8 Å². The lowest BCUT2D eigenvalue weighted by atomic mass is 9.98. The summed E-state index contributed by atoms with van der Waals surface area (Å²) in [4.78, 5) is 0. The summed E-state index contributed by atoms with van der Waals surface area (Å²) in [6.07, 6.45) is 4.10. The number of aromatic hydroxyl groups is 1. The van der Waals surface area contributed by atoms with Crippen LogP contribution in [-0.2, 0) is 6.54 Å². The lowest BCUT2D eigenvalue weighted by molar-refractivity contribution is 0.158. The lowest BCUT2D eigenvalue weighted by Crippen LogP contribution is -2.27. The van der Waals surface area contributed by atoms with Gasteiger partial charge < -0.3 is 15.2 Å². The van der Waals surface area contributed by atoms with Crippen molar-refractivity contribution in [2.24, 2.45) is 0 Å². The fourth-order valence-corrected chi connectivity index (χ4v) is 2.75. The van der Waals surface area contributed by atoms with Crippen molar-refractivity contribution < 1.29 is 9.84 Å². The van der Waals surface area contributed by atoms with Crippen LogP contribution in [0.1, 0.15) is 43.5 Å². The molecule has 0 aliphatic carbocycles. The molecular weight excluding hydrogens is 286 g/mol. The Kier molecular flexibility index (Phi) is 4.14. The van der Waals surface area contributed by atoms with Crippen LogP contribution >= 0.6 is 0 Å². The number of hydrogen-bond donors (Lipinski definition) is 2. The summed E-state index contributed by atoms with van der Waals surface area (Å²) in [5.41, 5.74) is 2.78. The standard InChI is InChI=1S/C20H23NO2/c1-14(21-13-15-7-5-4-6-8-15)17-11-16-9-10-20(2,3)23-19(16)12-18(17)22/h4-12,14,21-22H,13H2,1-3H3/t14-/m1/s1. The van der Waals surface area contributed by atoms with Crippen molar-refractivity contribution in [3.05, 3.63) is 65.2 Å². The molecule has 0 spiro atoms. The summed E-state index contributed by atoms with van der Waals surface area (Å²) >= 11 is 0. The van der Waals surface area contributed by atoms with Gasteiger partial charge >= 0.3 is 0 Å². The first kappa shape index (κ1) is 15.6. The molecule has 2 aromatic carbocycles. The van der Waals surface area contributed by atoms with Gasteiger partial charge in [-0.15, -0.1) is 0 Å². The third-order valence-corrected chi connectivity index (χ3v) is 4.12. The van der Waals surface area contributed by atoms with E-state index >= 15 is 0 Å². The van der Waals surface area contributed by atoms with Gasteiger partial charge in [0.05, 0.1) is 0 Å². The molecule has 23 heavy (non-hydrogen) atoms. The van der Waals surface area contributed by atoms with Gasteiger partial charge in [0.25, 0.3) is 0 Å². The Morgan fingerprint density at radius 3 is 2.65 bits per heavy atom. The molecule has 3 heteroatoms. The fraction of sp³-hybridized carbons (Fsp3) is 0.300. The Balaban J connectivity index is 1.78. The molecule has 1 aliphatic heterocycles. The number of rotatable bonds is 4. The first-order valence-corrected chi connectivity index (χ1v) is 7.97. The molecule has 120 valence electrons. The maximum Gasteiger partial charge on any atom is 0.131 e. The second-order valence-electron chi connectivity index (χ2n) is 6.58. The van der Waals surface area contributed by atoms with E-state index in [1.54, 1.807) is 6.07 Å². The molecule has 2 aromatic rings. The van der Waals surface area contributed by atoms with E-state index < -0.39 is 0 Å². The van der Waals surface area contributed by atoms with E-state index in [2.05, 4.69) is 30.4 Å². The van der Waals surface area contributed by atoms with Gasteiger partial charge in [-0.3, -0.25) is 0 Å². The molecule has 2 N–H and O–H groups in total. The maximum absolute atomic E-state index is 10.4. The van der Waals surface area contributed by atoms with Gasteiger partial charge in [-0.2, -0.15) is 0 Å². The number of phenols is 1. The van der Waals surface area contributed by atoms with Gasteiger partial charge in [0.15, 0.2) is 0 Å². The second-order valence-corrected chi connectivity index (χ2v) is 6.58. The maximum atomic E-state index is 10.4. The number of ether oxygens (including phenoxy) is 1. The normalized spacial score (nSPS) is 16.5. The van der Waals surface area contributed by atoms with E-state index in [0.29, 0.717) is 0 Å². The van der Waals surface area contributed by atoms with Crippen molar-refractivity contribution >= 4 is 6.08 Å². The minimum absolute atomic E-state index is 0.0452. The van der Waals surface area contributed by atoms with Crippen molar-refractivity contribution in [3.63, 3.8) is 0 Å². The molecule has 0 saturated carbocycles. The average Bonchev–Trinajstić information content (AvgIpc) is 2.52. The zero-order valence-corrected chi connectivity index (χ0v) is 13.8. The summed E-state index contributed by atoms with van der Waals surface area (Å²) in [6, 6.07) is 14.0. The van der Waals surface area contributed by atoms with Crippen LogP contribution in [0.4, 0.5) is 0 Å². The first-order valence-electron chi connectivity index (χ1n) is 7.97. The molecule has 3 nitrogen and oxygen atoms in total. The summed E-state index contributed by atoms with van der Waals surface area (Å²) in [5, 5.41) is 13.8. The van der Waals surface area contributed by atoms with Crippen molar-refractivity contribution in [2.45, 2.75) is 39.0 Å². The summed E-state index contributed by atoms with van der Waals surface area (Å²) < 4.78 is 5.90. The predicted molar refractivity (Wildman–Crippen MR) is 93.5 cm³/mol. The van der Waals surface area contributed by atoms with E-state index in [0.717, 1.165) is 23.4 Å². The molecule has 0 aromatic heterocycles. The highest BCUT2D eigenvalue weighted by molar-refractivity contribution is 5.64. The molecule has 0 amide bonds. The Morgan fingerprint density at radius 1 is 1.17 bits per heavy atom. The van der Waals surface area contributed by atoms with Gasteiger partial charge in [-0.1, -0.05) is 36.4 Å². The molecule has 1 aliphatic rings. The Bertz CT molecular complexity index is 720. The van der Waals surface area contributed by atoms with Crippen molar-refractivity contribution in [3.8, 4) is 11.5 Å². The molecule has 0 fully saturated rings. The number of benzene rings is 2. The van der Waals surface area contributed by atoms with Gasteiger partial charge in [-0.05, 0) is 38.5 Å². The van der Waals surface area contributed by atoms with Crippen LogP contribution in [-0.4, -0.2) is 10.7 Å². The zero-order valence-electron chi connectivity index (χ0n) is 13.8. The second kappa shape index (κ2) is 6.09. The van der Waals surface area contributed by atoms with Crippen LogP contribution in [0.3, 0.4) is 0 Å². The van der Waals surface area contributed by atoms with E-state index in [9.17, 15) is 5.11 Å². The summed E-state index contributed by atoms with van der Waals surface area (Å²) in [5.74, 6) is 0.997. The smallest absolute Gasteiger partial charge is 0.131 e. The molecule has 0 saturated heterocycles. The van der Waals surface area contributed by atoms with Crippen molar-refractivity contribution in [2.75, 3.05) is 0 Å². The van der Waals surface area contributed by atoms with E-state index in [1.807, 2.05) is 44.2 Å². The number of nitrogens with one attached hydrogen (secondary N) is 1. The van der Waals surface area contributed by atoms with Crippen molar-refractivity contribution in [1.29, 1.82) is 0 Å². The van der Waals surface area contributed by atoms with E-state index in [-0.39, 0.29) is 17.4 Å². The van der Waals surface area contributed by atoms with Gasteiger partial charge in [0.2, 0.25) is 0 Å². The van der Waals surface area contributed by atoms with Crippen LogP contribution in [0.15, 0.2) is 48.5 Å². The van der Waals surface area contributed by atoms with Crippen LogP contribution in [0.25, 0.3) is 6.08 Å². The minimum Gasteiger partial charge on any atom is -0.507 e. The largest absolute Gasteiger partial charge is 0.507 e. The van der Waals surface area contributed by atoms with E-state index in [1.165, 1.54) is 5.56 Å². The van der Waals surface area contributed by atoms with Gasteiger partial charge in [0.1, 0.15) is 17.1 Å². The summed E-state index contributed by atoms with van der Waals surface area (Å²) in [7, 11) is 0. The SMILES string of the molecule is C[C@@H](NCc1ccccc1)c1cc2c(cc1O)OC(C)(C)C=C2. The van der Waals surface area contributed by atoms with E-state index in [4.69, 9.17) is 4.74 Å². The zero-order chi connectivity index (χ0) is 16.4. The molecule has 1 atom stereocenters.